The minimum Gasteiger partial charge on any atom is -0.353 e. The van der Waals surface area contributed by atoms with Gasteiger partial charge in [-0.1, -0.05) is 46.9 Å². The van der Waals surface area contributed by atoms with Crippen LogP contribution in [0.3, 0.4) is 0 Å². The molecule has 0 radical (unpaired) electrons. The SMILES string of the molecule is Clc1ccc(Cl)c(Nc2ccccc2Cl)c1. The molecule has 0 aliphatic heterocycles. The van der Waals surface area contributed by atoms with E-state index in [1.165, 1.54) is 0 Å². The van der Waals surface area contributed by atoms with E-state index in [2.05, 4.69) is 5.32 Å². The van der Waals surface area contributed by atoms with Gasteiger partial charge < -0.3 is 5.32 Å². The maximum Gasteiger partial charge on any atom is 0.0642 e. The smallest absolute Gasteiger partial charge is 0.0642 e. The van der Waals surface area contributed by atoms with E-state index in [4.69, 9.17) is 34.8 Å². The third-order valence-corrected chi connectivity index (χ3v) is 2.97. The monoisotopic (exact) mass is 271 g/mol. The average molecular weight is 273 g/mol. The molecule has 2 aromatic rings. The maximum absolute atomic E-state index is 6.03. The molecule has 1 N–H and O–H groups in total. The Balaban J connectivity index is 2.34. The standard InChI is InChI=1S/C12H8Cl3N/c13-8-5-6-10(15)12(7-8)16-11-4-2-1-3-9(11)14/h1-7,16H. The molecule has 4 heteroatoms. The Bertz CT molecular complexity index is 511. The van der Waals surface area contributed by atoms with Crippen LogP contribution < -0.4 is 5.32 Å². The van der Waals surface area contributed by atoms with Gasteiger partial charge in [-0.15, -0.1) is 0 Å². The molecule has 0 unspecified atom stereocenters. The second-order valence-corrected chi connectivity index (χ2v) is 4.48. The zero-order valence-corrected chi connectivity index (χ0v) is 10.4. The Morgan fingerprint density at radius 2 is 1.44 bits per heavy atom. The normalized spacial score (nSPS) is 10.2. The van der Waals surface area contributed by atoms with Crippen LogP contribution in [0.4, 0.5) is 11.4 Å². The van der Waals surface area contributed by atoms with E-state index in [1.54, 1.807) is 18.2 Å². The van der Waals surface area contributed by atoms with Crippen LogP contribution >= 0.6 is 34.8 Å². The third kappa shape index (κ3) is 2.62. The minimum absolute atomic E-state index is 0.601. The summed E-state index contributed by atoms with van der Waals surface area (Å²) in [5.74, 6) is 0. The number of para-hydroxylation sites is 1. The molecule has 2 rings (SSSR count). The molecular weight excluding hydrogens is 264 g/mol. The van der Waals surface area contributed by atoms with Crippen LogP contribution in [0.2, 0.25) is 15.1 Å². The fourth-order valence-electron chi connectivity index (χ4n) is 1.30. The number of halogens is 3. The van der Waals surface area contributed by atoms with Crippen LogP contribution in [0.1, 0.15) is 0 Å². The third-order valence-electron chi connectivity index (χ3n) is 2.07. The molecule has 0 atom stereocenters. The Labute approximate surface area is 109 Å². The Kier molecular flexibility index (Phi) is 3.59. The fraction of sp³-hybridized carbons (Fsp3) is 0. The van der Waals surface area contributed by atoms with Crippen molar-refractivity contribution in [1.29, 1.82) is 0 Å². The average Bonchev–Trinajstić information content (AvgIpc) is 2.27. The summed E-state index contributed by atoms with van der Waals surface area (Å²) >= 11 is 18.0. The van der Waals surface area contributed by atoms with Crippen LogP contribution in [-0.4, -0.2) is 0 Å². The number of hydrogen-bond acceptors (Lipinski definition) is 1. The first kappa shape index (κ1) is 11.6. The largest absolute Gasteiger partial charge is 0.353 e. The highest BCUT2D eigenvalue weighted by molar-refractivity contribution is 6.36. The van der Waals surface area contributed by atoms with Crippen molar-refractivity contribution in [2.24, 2.45) is 0 Å². The van der Waals surface area contributed by atoms with Gasteiger partial charge in [0.25, 0.3) is 0 Å². The molecule has 0 bridgehead atoms. The van der Waals surface area contributed by atoms with Crippen LogP contribution in [0, 0.1) is 0 Å². The molecule has 16 heavy (non-hydrogen) atoms. The van der Waals surface area contributed by atoms with Gasteiger partial charge in [-0.25, -0.2) is 0 Å². The molecule has 0 fully saturated rings. The molecule has 0 heterocycles. The molecule has 0 aliphatic carbocycles. The van der Waals surface area contributed by atoms with Crippen LogP contribution in [0.25, 0.3) is 0 Å². The number of anilines is 2. The number of nitrogens with one attached hydrogen (secondary N) is 1. The number of hydrogen-bond donors (Lipinski definition) is 1. The summed E-state index contributed by atoms with van der Waals surface area (Å²) in [5.41, 5.74) is 1.54. The Morgan fingerprint density at radius 1 is 0.750 bits per heavy atom. The van der Waals surface area contributed by atoms with Crippen molar-refractivity contribution in [2.45, 2.75) is 0 Å². The molecule has 0 saturated carbocycles. The summed E-state index contributed by atoms with van der Waals surface area (Å²) in [7, 11) is 0. The lowest BCUT2D eigenvalue weighted by atomic mass is 10.2. The predicted molar refractivity (Wildman–Crippen MR) is 71.2 cm³/mol. The van der Waals surface area contributed by atoms with E-state index in [0.29, 0.717) is 15.1 Å². The second kappa shape index (κ2) is 4.96. The molecule has 0 amide bonds. The van der Waals surface area contributed by atoms with E-state index in [-0.39, 0.29) is 0 Å². The van der Waals surface area contributed by atoms with Gasteiger partial charge in [0.1, 0.15) is 0 Å². The highest BCUT2D eigenvalue weighted by Crippen LogP contribution is 2.31. The summed E-state index contributed by atoms with van der Waals surface area (Å²) in [6.07, 6.45) is 0. The lowest BCUT2D eigenvalue weighted by Gasteiger charge is -2.10. The quantitative estimate of drug-likeness (QED) is 0.773. The second-order valence-electron chi connectivity index (χ2n) is 3.23. The molecule has 0 saturated heterocycles. The molecule has 82 valence electrons. The van der Waals surface area contributed by atoms with Crippen LogP contribution in [0.5, 0.6) is 0 Å². The maximum atomic E-state index is 6.03. The first-order valence-electron chi connectivity index (χ1n) is 4.63. The van der Waals surface area contributed by atoms with Gasteiger partial charge in [-0.3, -0.25) is 0 Å². The van der Waals surface area contributed by atoms with E-state index >= 15 is 0 Å². The van der Waals surface area contributed by atoms with Gasteiger partial charge in [0, 0.05) is 5.02 Å². The first-order chi connectivity index (χ1) is 7.66. The van der Waals surface area contributed by atoms with Gasteiger partial charge in [-0.05, 0) is 30.3 Å². The minimum atomic E-state index is 0.601. The highest BCUT2D eigenvalue weighted by atomic mass is 35.5. The molecule has 0 aromatic heterocycles. The van der Waals surface area contributed by atoms with Crippen molar-refractivity contribution in [3.63, 3.8) is 0 Å². The van der Waals surface area contributed by atoms with Crippen molar-refractivity contribution in [3.05, 3.63) is 57.5 Å². The summed E-state index contributed by atoms with van der Waals surface area (Å²) in [5, 5.41) is 5.00. The molecule has 2 aromatic carbocycles. The predicted octanol–water partition coefficient (Wildman–Crippen LogP) is 5.39. The molecule has 1 nitrogen and oxygen atoms in total. The Morgan fingerprint density at radius 3 is 2.19 bits per heavy atom. The topological polar surface area (TPSA) is 12.0 Å². The Hall–Kier alpha value is -0.890. The number of benzene rings is 2. The van der Waals surface area contributed by atoms with Crippen LogP contribution in [0.15, 0.2) is 42.5 Å². The molecular formula is C12H8Cl3N. The van der Waals surface area contributed by atoms with Gasteiger partial charge in [0.2, 0.25) is 0 Å². The fourth-order valence-corrected chi connectivity index (χ4v) is 1.82. The van der Waals surface area contributed by atoms with E-state index < -0.39 is 0 Å². The van der Waals surface area contributed by atoms with E-state index in [0.717, 1.165) is 11.4 Å². The van der Waals surface area contributed by atoms with Crippen molar-refractivity contribution in [2.75, 3.05) is 5.32 Å². The van der Waals surface area contributed by atoms with Gasteiger partial charge in [-0.2, -0.15) is 0 Å². The van der Waals surface area contributed by atoms with Gasteiger partial charge in [0.05, 0.1) is 21.4 Å². The van der Waals surface area contributed by atoms with Crippen molar-refractivity contribution in [1.82, 2.24) is 0 Å². The lowest BCUT2D eigenvalue weighted by molar-refractivity contribution is 1.55. The van der Waals surface area contributed by atoms with Gasteiger partial charge in [0.15, 0.2) is 0 Å². The summed E-state index contributed by atoms with van der Waals surface area (Å²) < 4.78 is 0. The van der Waals surface area contributed by atoms with Crippen molar-refractivity contribution >= 4 is 46.2 Å². The zero-order chi connectivity index (χ0) is 11.5. The summed E-state index contributed by atoms with van der Waals surface area (Å²) in [4.78, 5) is 0. The lowest BCUT2D eigenvalue weighted by Crippen LogP contribution is -1.91. The summed E-state index contributed by atoms with van der Waals surface area (Å²) in [6, 6.07) is 12.7. The van der Waals surface area contributed by atoms with Crippen molar-refractivity contribution < 1.29 is 0 Å². The van der Waals surface area contributed by atoms with Gasteiger partial charge >= 0.3 is 0 Å². The molecule has 0 aliphatic rings. The summed E-state index contributed by atoms with van der Waals surface area (Å²) in [6.45, 7) is 0. The van der Waals surface area contributed by atoms with E-state index in [1.807, 2.05) is 24.3 Å². The number of rotatable bonds is 2. The highest BCUT2D eigenvalue weighted by Gasteiger charge is 2.03. The van der Waals surface area contributed by atoms with Crippen molar-refractivity contribution in [3.8, 4) is 0 Å². The molecule has 0 spiro atoms. The first-order valence-corrected chi connectivity index (χ1v) is 5.77. The van der Waals surface area contributed by atoms with Crippen LogP contribution in [-0.2, 0) is 0 Å². The zero-order valence-electron chi connectivity index (χ0n) is 8.18. The van der Waals surface area contributed by atoms with E-state index in [9.17, 15) is 0 Å².